The standard InChI is InChI=1S/C11H18BrNO3S2/c1-4-5-11(3,14)7-13-18(15,16)9-6-8(2)10(12)17-9/h6,13-14H,4-5,7H2,1-3H3. The van der Waals surface area contributed by atoms with Gasteiger partial charge in [0.05, 0.1) is 9.39 Å². The molecule has 0 saturated carbocycles. The molecule has 0 amide bonds. The summed E-state index contributed by atoms with van der Waals surface area (Å²) in [5.41, 5.74) is -0.119. The fraction of sp³-hybridized carbons (Fsp3) is 0.636. The van der Waals surface area contributed by atoms with Gasteiger partial charge in [0.25, 0.3) is 0 Å². The number of sulfonamides is 1. The predicted molar refractivity (Wildman–Crippen MR) is 77.5 cm³/mol. The van der Waals surface area contributed by atoms with Crippen molar-refractivity contribution in [1.82, 2.24) is 4.72 Å². The van der Waals surface area contributed by atoms with E-state index in [1.165, 1.54) is 11.3 Å². The molecule has 0 radical (unpaired) electrons. The molecular formula is C11H18BrNO3S2. The fourth-order valence-corrected chi connectivity index (χ4v) is 4.94. The first-order valence-electron chi connectivity index (χ1n) is 5.66. The summed E-state index contributed by atoms with van der Waals surface area (Å²) in [6, 6.07) is 1.62. The summed E-state index contributed by atoms with van der Waals surface area (Å²) in [6.07, 6.45) is 1.36. The van der Waals surface area contributed by atoms with Gasteiger partial charge in [0, 0.05) is 6.54 Å². The maximum Gasteiger partial charge on any atom is 0.250 e. The molecule has 0 fully saturated rings. The Morgan fingerprint density at radius 2 is 2.17 bits per heavy atom. The van der Waals surface area contributed by atoms with Crippen molar-refractivity contribution in [3.05, 3.63) is 15.4 Å². The summed E-state index contributed by atoms with van der Waals surface area (Å²) >= 11 is 4.47. The van der Waals surface area contributed by atoms with Crippen LogP contribution in [-0.4, -0.2) is 25.7 Å². The van der Waals surface area contributed by atoms with Gasteiger partial charge in [0.15, 0.2) is 0 Å². The van der Waals surface area contributed by atoms with Gasteiger partial charge in [-0.2, -0.15) is 0 Å². The Bertz CT molecular complexity index is 489. The molecule has 0 aliphatic rings. The van der Waals surface area contributed by atoms with Crippen LogP contribution in [0.3, 0.4) is 0 Å². The summed E-state index contributed by atoms with van der Waals surface area (Å²) in [6.45, 7) is 5.45. The lowest BCUT2D eigenvalue weighted by Gasteiger charge is -2.22. The molecule has 104 valence electrons. The third kappa shape index (κ3) is 4.31. The Balaban J connectivity index is 2.77. The quantitative estimate of drug-likeness (QED) is 0.824. The monoisotopic (exact) mass is 355 g/mol. The highest BCUT2D eigenvalue weighted by Gasteiger charge is 2.24. The molecule has 1 atom stereocenters. The molecule has 0 aromatic carbocycles. The lowest BCUT2D eigenvalue weighted by Crippen LogP contribution is -2.40. The molecule has 1 aromatic rings. The van der Waals surface area contributed by atoms with Crippen LogP contribution in [0.25, 0.3) is 0 Å². The van der Waals surface area contributed by atoms with Crippen LogP contribution in [0.5, 0.6) is 0 Å². The number of hydrogen-bond acceptors (Lipinski definition) is 4. The van der Waals surface area contributed by atoms with Gasteiger partial charge in [-0.1, -0.05) is 13.3 Å². The van der Waals surface area contributed by atoms with Crippen LogP contribution in [-0.2, 0) is 10.0 Å². The zero-order chi connectivity index (χ0) is 14.0. The second kappa shape index (κ2) is 6.00. The van der Waals surface area contributed by atoms with E-state index in [0.717, 1.165) is 15.8 Å². The Labute approximate surface area is 121 Å². The van der Waals surface area contributed by atoms with E-state index in [1.807, 2.05) is 13.8 Å². The van der Waals surface area contributed by atoms with Crippen molar-refractivity contribution < 1.29 is 13.5 Å². The molecule has 0 aliphatic carbocycles. The van der Waals surface area contributed by atoms with Crippen molar-refractivity contribution in [2.24, 2.45) is 0 Å². The Kier molecular flexibility index (Phi) is 5.37. The number of hydrogen-bond donors (Lipinski definition) is 2. The second-order valence-corrected chi connectivity index (χ2v) is 8.96. The van der Waals surface area contributed by atoms with E-state index in [-0.39, 0.29) is 10.8 Å². The molecule has 0 spiro atoms. The first-order chi connectivity index (χ1) is 8.18. The van der Waals surface area contributed by atoms with Crippen LogP contribution >= 0.6 is 27.3 Å². The van der Waals surface area contributed by atoms with Gasteiger partial charge in [-0.3, -0.25) is 0 Å². The number of thiophene rings is 1. The van der Waals surface area contributed by atoms with Crippen LogP contribution in [0.1, 0.15) is 32.3 Å². The number of rotatable bonds is 6. The Morgan fingerprint density at radius 3 is 2.61 bits per heavy atom. The predicted octanol–water partition coefficient (Wildman–Crippen LogP) is 2.65. The number of aryl methyl sites for hydroxylation is 1. The zero-order valence-corrected chi connectivity index (χ0v) is 13.9. The minimum absolute atomic E-state index is 0.0255. The molecule has 1 rings (SSSR count). The fourth-order valence-electron chi connectivity index (χ4n) is 1.51. The van der Waals surface area contributed by atoms with E-state index >= 15 is 0 Å². The molecule has 1 unspecified atom stereocenters. The normalized spacial score (nSPS) is 15.6. The Morgan fingerprint density at radius 1 is 1.56 bits per heavy atom. The summed E-state index contributed by atoms with van der Waals surface area (Å²) in [7, 11) is -3.53. The van der Waals surface area contributed by atoms with Crippen molar-refractivity contribution in [3.63, 3.8) is 0 Å². The average molecular weight is 356 g/mol. The summed E-state index contributed by atoms with van der Waals surface area (Å²) in [5.74, 6) is 0. The molecule has 4 nitrogen and oxygen atoms in total. The summed E-state index contributed by atoms with van der Waals surface area (Å²) in [4.78, 5) is 0. The summed E-state index contributed by atoms with van der Waals surface area (Å²) < 4.78 is 27.6. The lowest BCUT2D eigenvalue weighted by atomic mass is 10.0. The van der Waals surface area contributed by atoms with Crippen molar-refractivity contribution in [2.75, 3.05) is 6.54 Å². The highest BCUT2D eigenvalue weighted by molar-refractivity contribution is 9.11. The van der Waals surface area contributed by atoms with Crippen molar-refractivity contribution in [1.29, 1.82) is 0 Å². The van der Waals surface area contributed by atoms with Crippen molar-refractivity contribution in [3.8, 4) is 0 Å². The highest BCUT2D eigenvalue weighted by Crippen LogP contribution is 2.30. The smallest absolute Gasteiger partial charge is 0.250 e. The maximum absolute atomic E-state index is 12.0. The van der Waals surface area contributed by atoms with Gasteiger partial charge >= 0.3 is 0 Å². The van der Waals surface area contributed by atoms with Crippen LogP contribution < -0.4 is 4.72 Å². The molecule has 2 N–H and O–H groups in total. The minimum Gasteiger partial charge on any atom is -0.389 e. The number of aliphatic hydroxyl groups is 1. The van der Waals surface area contributed by atoms with Gasteiger partial charge in [-0.25, -0.2) is 13.1 Å². The molecule has 18 heavy (non-hydrogen) atoms. The van der Waals surface area contributed by atoms with E-state index in [0.29, 0.717) is 6.42 Å². The van der Waals surface area contributed by atoms with E-state index in [1.54, 1.807) is 13.0 Å². The first-order valence-corrected chi connectivity index (χ1v) is 8.75. The van der Waals surface area contributed by atoms with Crippen molar-refractivity contribution in [2.45, 2.75) is 43.4 Å². The molecule has 0 bridgehead atoms. The van der Waals surface area contributed by atoms with Gasteiger partial charge in [0.2, 0.25) is 10.0 Å². The third-order valence-electron chi connectivity index (χ3n) is 2.53. The molecule has 0 saturated heterocycles. The molecule has 1 heterocycles. The van der Waals surface area contributed by atoms with Crippen LogP contribution in [0.15, 0.2) is 14.1 Å². The second-order valence-electron chi connectivity index (χ2n) is 4.59. The third-order valence-corrected chi connectivity index (χ3v) is 6.54. The van der Waals surface area contributed by atoms with Crippen LogP contribution in [0.2, 0.25) is 0 Å². The number of halogens is 1. The van der Waals surface area contributed by atoms with E-state index < -0.39 is 15.6 Å². The molecule has 0 aliphatic heterocycles. The molecule has 1 aromatic heterocycles. The zero-order valence-electron chi connectivity index (χ0n) is 10.7. The van der Waals surface area contributed by atoms with Gasteiger partial charge in [0.1, 0.15) is 4.21 Å². The van der Waals surface area contributed by atoms with E-state index in [4.69, 9.17) is 0 Å². The number of nitrogens with one attached hydrogen (secondary N) is 1. The summed E-state index contributed by atoms with van der Waals surface area (Å²) in [5, 5.41) is 9.95. The maximum atomic E-state index is 12.0. The first kappa shape index (κ1) is 16.1. The lowest BCUT2D eigenvalue weighted by molar-refractivity contribution is 0.0554. The van der Waals surface area contributed by atoms with Crippen LogP contribution in [0, 0.1) is 6.92 Å². The topological polar surface area (TPSA) is 66.4 Å². The average Bonchev–Trinajstić information content (AvgIpc) is 2.58. The van der Waals surface area contributed by atoms with E-state index in [9.17, 15) is 13.5 Å². The van der Waals surface area contributed by atoms with Gasteiger partial charge in [-0.05, 0) is 47.8 Å². The van der Waals surface area contributed by atoms with Gasteiger partial charge in [-0.15, -0.1) is 11.3 Å². The highest BCUT2D eigenvalue weighted by atomic mass is 79.9. The van der Waals surface area contributed by atoms with E-state index in [2.05, 4.69) is 20.7 Å². The largest absolute Gasteiger partial charge is 0.389 e. The van der Waals surface area contributed by atoms with Crippen LogP contribution in [0.4, 0.5) is 0 Å². The van der Waals surface area contributed by atoms with Gasteiger partial charge < -0.3 is 5.11 Å². The van der Waals surface area contributed by atoms with Crippen molar-refractivity contribution >= 4 is 37.3 Å². The Hall–Kier alpha value is 0.0500. The SMILES string of the molecule is CCCC(C)(O)CNS(=O)(=O)c1cc(C)c(Br)s1. The minimum atomic E-state index is -3.53. The molecule has 7 heteroatoms. The molecular weight excluding hydrogens is 338 g/mol.